The number of alkyl carbamates (subject to hydrolysis) is 1. The fraction of sp³-hybridized carbons (Fsp3) is 0.591. The van der Waals surface area contributed by atoms with Crippen LogP contribution in [0, 0.1) is 0 Å². The van der Waals surface area contributed by atoms with Crippen LogP contribution in [-0.2, 0) is 14.3 Å². The van der Waals surface area contributed by atoms with Gasteiger partial charge in [-0.15, -0.1) is 0 Å². The van der Waals surface area contributed by atoms with E-state index < -0.39 is 29.2 Å². The molecule has 2 N–H and O–H groups in total. The summed E-state index contributed by atoms with van der Waals surface area (Å²) in [5, 5.41) is 5.99. The monoisotopic (exact) mass is 501 g/mol. The van der Waals surface area contributed by atoms with E-state index in [4.69, 9.17) is 9.47 Å². The molecule has 1 aromatic carbocycles. The maximum absolute atomic E-state index is 13.2. The van der Waals surface area contributed by atoms with Crippen molar-refractivity contribution in [3.8, 4) is 5.75 Å². The normalized spacial score (nSPS) is 12.5. The number of carbonyl (C=O) groups is 3. The molecule has 0 aliphatic heterocycles. The number of methoxy groups -OCH3 is 1. The van der Waals surface area contributed by atoms with Crippen LogP contribution in [0.15, 0.2) is 24.3 Å². The first kappa shape index (κ1) is 26.8. The average Bonchev–Trinajstić information content (AvgIpc) is 2.63. The zero-order valence-electron chi connectivity index (χ0n) is 19.7. The first-order valence-electron chi connectivity index (χ1n) is 10.0. The first-order valence-corrected chi connectivity index (χ1v) is 12.9. The molecule has 0 bridgehead atoms. The number of hydrogen-bond acceptors (Lipinski definition) is 5. The summed E-state index contributed by atoms with van der Waals surface area (Å²) >= 11 is 0.128. The number of nitrogens with zero attached hydrogens (tertiary/aromatic N) is 1. The molecule has 0 aliphatic carbocycles. The Balaban J connectivity index is 3.20. The Morgan fingerprint density at radius 3 is 2.10 bits per heavy atom. The average molecular weight is 500 g/mol. The third kappa shape index (κ3) is 9.61. The Hall–Kier alpha value is -2.25. The topological polar surface area (TPSA) is 97.0 Å². The maximum atomic E-state index is 13.2. The Morgan fingerprint density at radius 2 is 1.65 bits per heavy atom. The van der Waals surface area contributed by atoms with Crippen molar-refractivity contribution in [2.45, 2.75) is 69.9 Å². The zero-order chi connectivity index (χ0) is 23.8. The number of nitrogens with one attached hydrogen (secondary N) is 2. The van der Waals surface area contributed by atoms with E-state index >= 15 is 0 Å². The number of anilines is 1. The quantitative estimate of drug-likeness (QED) is 0.535. The van der Waals surface area contributed by atoms with Crippen molar-refractivity contribution >= 4 is 38.6 Å². The molecule has 1 unspecified atom stereocenters. The van der Waals surface area contributed by atoms with Crippen molar-refractivity contribution in [1.82, 2.24) is 10.6 Å². The van der Waals surface area contributed by atoms with Crippen LogP contribution >= 0.6 is 0 Å². The summed E-state index contributed by atoms with van der Waals surface area (Å²) in [6.07, 6.45) is -0.689. The standard InChI is InChI=1S/C22H35N3O5Se/c1-21(2,3)24-19(27)17(14-31-8)25(15-9-11-16(29-7)12-10-15)18(26)13-23-20(28)30-22(4,5)6/h9-12,17H,13-14H2,1-8H3,(H,23,28)(H,24,27). The fourth-order valence-corrected chi connectivity index (χ4v) is 3.96. The molecule has 31 heavy (non-hydrogen) atoms. The Kier molecular flexibility index (Phi) is 9.84. The molecule has 1 rings (SSSR count). The SMILES string of the molecule is COc1ccc(N(C(=O)CNC(=O)OC(C)(C)C)C(C[Se]C)C(=O)NC(C)(C)C)cc1. The van der Waals surface area contributed by atoms with Gasteiger partial charge in [0.05, 0.1) is 0 Å². The summed E-state index contributed by atoms with van der Waals surface area (Å²) in [4.78, 5) is 39.8. The molecule has 0 saturated heterocycles. The second-order valence-electron chi connectivity index (χ2n) is 9.03. The van der Waals surface area contributed by atoms with Crippen LogP contribution in [0.4, 0.5) is 10.5 Å². The minimum absolute atomic E-state index is 0.128. The van der Waals surface area contributed by atoms with Gasteiger partial charge in [-0.2, -0.15) is 0 Å². The number of rotatable bonds is 8. The van der Waals surface area contributed by atoms with E-state index in [1.807, 2.05) is 26.6 Å². The van der Waals surface area contributed by atoms with Crippen LogP contribution in [0.3, 0.4) is 0 Å². The van der Waals surface area contributed by atoms with E-state index in [9.17, 15) is 14.4 Å². The van der Waals surface area contributed by atoms with Crippen LogP contribution in [0.1, 0.15) is 41.5 Å². The number of benzene rings is 1. The van der Waals surface area contributed by atoms with Gasteiger partial charge in [0.15, 0.2) is 0 Å². The van der Waals surface area contributed by atoms with Crippen LogP contribution in [0.5, 0.6) is 5.75 Å². The summed E-state index contributed by atoms with van der Waals surface area (Å²) in [5.41, 5.74) is -0.572. The summed E-state index contributed by atoms with van der Waals surface area (Å²) in [7, 11) is 1.56. The molecular formula is C22H35N3O5Se. The van der Waals surface area contributed by atoms with Crippen molar-refractivity contribution in [3.05, 3.63) is 24.3 Å². The second-order valence-corrected chi connectivity index (χ2v) is 10.9. The molecule has 0 radical (unpaired) electrons. The van der Waals surface area contributed by atoms with Gasteiger partial charge < -0.3 is 0 Å². The van der Waals surface area contributed by atoms with Crippen LogP contribution in [0.25, 0.3) is 0 Å². The van der Waals surface area contributed by atoms with Gasteiger partial charge >= 0.3 is 191 Å². The summed E-state index contributed by atoms with van der Waals surface area (Å²) < 4.78 is 10.4. The number of carbonyl (C=O) groups excluding carboxylic acids is 3. The van der Waals surface area contributed by atoms with Crippen molar-refractivity contribution in [3.63, 3.8) is 0 Å². The van der Waals surface area contributed by atoms with E-state index in [1.54, 1.807) is 52.1 Å². The first-order chi connectivity index (χ1) is 14.3. The molecule has 0 heterocycles. The van der Waals surface area contributed by atoms with Gasteiger partial charge in [0.25, 0.3) is 0 Å². The summed E-state index contributed by atoms with van der Waals surface area (Å²) in [5.74, 6) is 2.01. The van der Waals surface area contributed by atoms with Crippen molar-refractivity contribution in [2.24, 2.45) is 0 Å². The molecule has 174 valence electrons. The number of amides is 3. The molecular weight excluding hydrogens is 465 g/mol. The van der Waals surface area contributed by atoms with Crippen molar-refractivity contribution in [2.75, 3.05) is 18.6 Å². The second kappa shape index (κ2) is 11.4. The van der Waals surface area contributed by atoms with Crippen LogP contribution in [-0.4, -0.2) is 63.7 Å². The molecule has 8 nitrogen and oxygen atoms in total. The predicted octanol–water partition coefficient (Wildman–Crippen LogP) is 3.01. The van der Waals surface area contributed by atoms with Gasteiger partial charge in [-0.05, 0) is 0 Å². The molecule has 0 aliphatic rings. The molecule has 0 saturated carbocycles. The molecule has 0 spiro atoms. The van der Waals surface area contributed by atoms with E-state index in [2.05, 4.69) is 10.6 Å². The van der Waals surface area contributed by atoms with E-state index in [1.165, 1.54) is 4.90 Å². The summed E-state index contributed by atoms with van der Waals surface area (Å²) in [6, 6.07) is 6.21. The van der Waals surface area contributed by atoms with Gasteiger partial charge in [0, 0.05) is 0 Å². The van der Waals surface area contributed by atoms with Crippen LogP contribution in [0.2, 0.25) is 11.1 Å². The molecule has 1 aromatic rings. The molecule has 1 atom stereocenters. The Labute approximate surface area is 191 Å². The Bertz CT molecular complexity index is 754. The van der Waals surface area contributed by atoms with Gasteiger partial charge in [0.1, 0.15) is 0 Å². The Morgan fingerprint density at radius 1 is 1.06 bits per heavy atom. The van der Waals surface area contributed by atoms with Crippen LogP contribution < -0.4 is 20.3 Å². The third-order valence-corrected chi connectivity index (χ3v) is 5.20. The molecule has 0 fully saturated rings. The van der Waals surface area contributed by atoms with Gasteiger partial charge in [0.2, 0.25) is 0 Å². The third-order valence-electron chi connectivity index (χ3n) is 3.84. The molecule has 9 heteroatoms. The van der Waals surface area contributed by atoms with E-state index in [0.29, 0.717) is 16.8 Å². The van der Waals surface area contributed by atoms with Gasteiger partial charge in [-0.3, -0.25) is 0 Å². The molecule has 0 aromatic heterocycles. The van der Waals surface area contributed by atoms with E-state index in [0.717, 1.165) is 0 Å². The number of hydrogen-bond donors (Lipinski definition) is 2. The van der Waals surface area contributed by atoms with Crippen molar-refractivity contribution < 1.29 is 23.9 Å². The molecule has 3 amide bonds. The fourth-order valence-electron chi connectivity index (χ4n) is 2.67. The van der Waals surface area contributed by atoms with Crippen molar-refractivity contribution in [1.29, 1.82) is 0 Å². The predicted molar refractivity (Wildman–Crippen MR) is 123 cm³/mol. The zero-order valence-corrected chi connectivity index (χ0v) is 21.4. The van der Waals surface area contributed by atoms with E-state index in [-0.39, 0.29) is 27.4 Å². The minimum atomic E-state index is -0.703. The number of ether oxygens (including phenoxy) is 2. The van der Waals surface area contributed by atoms with Gasteiger partial charge in [-0.1, -0.05) is 0 Å². The summed E-state index contributed by atoms with van der Waals surface area (Å²) in [6.45, 7) is 10.6. The van der Waals surface area contributed by atoms with Gasteiger partial charge in [-0.25, -0.2) is 0 Å².